The van der Waals surface area contributed by atoms with Gasteiger partial charge in [-0.05, 0) is 37.0 Å². The summed E-state index contributed by atoms with van der Waals surface area (Å²) in [6, 6.07) is 0. The van der Waals surface area contributed by atoms with Crippen LogP contribution in [-0.4, -0.2) is 0 Å². The Balaban J connectivity index is 2.46. The topological polar surface area (TPSA) is 0 Å². The Bertz CT molecular complexity index is 370. The fraction of sp³-hybridized carbons (Fsp3) is 0.333. The van der Waals surface area contributed by atoms with Crippen molar-refractivity contribution in [2.24, 2.45) is 0 Å². The van der Waals surface area contributed by atoms with Gasteiger partial charge in [-0.25, -0.2) is 0 Å². The Morgan fingerprint density at radius 2 is 2.17 bits per heavy atom. The van der Waals surface area contributed by atoms with Crippen LogP contribution in [0.1, 0.15) is 25.7 Å². The first-order valence-electron chi connectivity index (χ1n) is 4.33. The van der Waals surface area contributed by atoms with Crippen LogP contribution in [0.15, 0.2) is 34.8 Å². The lowest BCUT2D eigenvalue weighted by Gasteiger charge is -1.89. The molecule has 0 heteroatoms. The van der Waals surface area contributed by atoms with Crippen LogP contribution in [0.2, 0.25) is 0 Å². The van der Waals surface area contributed by atoms with E-state index in [1.54, 1.807) is 0 Å². The maximum atomic E-state index is 3.21. The highest BCUT2D eigenvalue weighted by molar-refractivity contribution is 5.42. The smallest absolute Gasteiger partial charge is 0.0354 e. The van der Waals surface area contributed by atoms with Crippen LogP contribution in [-0.2, 0) is 0 Å². The highest BCUT2D eigenvalue weighted by atomic mass is 14.1. The molecule has 0 saturated carbocycles. The lowest BCUT2D eigenvalue weighted by molar-refractivity contribution is 0.908. The van der Waals surface area contributed by atoms with Crippen molar-refractivity contribution in [2.75, 3.05) is 0 Å². The Morgan fingerprint density at radius 3 is 3.17 bits per heavy atom. The van der Waals surface area contributed by atoms with Gasteiger partial charge in [0.25, 0.3) is 0 Å². The van der Waals surface area contributed by atoms with Crippen LogP contribution in [0, 0.1) is 11.8 Å². The van der Waals surface area contributed by atoms with E-state index in [0.29, 0.717) is 0 Å². The third-order valence-corrected chi connectivity index (χ3v) is 2.14. The van der Waals surface area contributed by atoms with Crippen LogP contribution < -0.4 is 0 Å². The molecule has 0 atom stereocenters. The zero-order chi connectivity index (χ0) is 8.23. The number of rotatable bonds is 0. The van der Waals surface area contributed by atoms with Gasteiger partial charge in [-0.1, -0.05) is 23.3 Å². The highest BCUT2D eigenvalue weighted by Crippen LogP contribution is 2.26. The van der Waals surface area contributed by atoms with E-state index >= 15 is 0 Å². The van der Waals surface area contributed by atoms with Gasteiger partial charge in [0.05, 0.1) is 0 Å². The second-order valence-electron chi connectivity index (χ2n) is 3.00. The van der Waals surface area contributed by atoms with Crippen molar-refractivity contribution in [2.45, 2.75) is 25.7 Å². The Kier molecular flexibility index (Phi) is 2.02. The van der Waals surface area contributed by atoms with Gasteiger partial charge in [-0.15, -0.1) is 0 Å². The third-order valence-electron chi connectivity index (χ3n) is 2.14. The molecule has 12 heavy (non-hydrogen) atoms. The van der Waals surface area contributed by atoms with Gasteiger partial charge in [0, 0.05) is 12.0 Å². The molecule has 0 nitrogen and oxygen atoms in total. The van der Waals surface area contributed by atoms with E-state index in [-0.39, 0.29) is 0 Å². The summed E-state index contributed by atoms with van der Waals surface area (Å²) in [5.41, 5.74) is 8.69. The molecule has 2 rings (SSSR count). The zero-order valence-electron chi connectivity index (χ0n) is 6.98. The summed E-state index contributed by atoms with van der Waals surface area (Å²) >= 11 is 0. The summed E-state index contributed by atoms with van der Waals surface area (Å²) in [6.45, 7) is 0. The predicted molar refractivity (Wildman–Crippen MR) is 49.4 cm³/mol. The first-order valence-corrected chi connectivity index (χ1v) is 4.33. The predicted octanol–water partition coefficient (Wildman–Crippen LogP) is 2.74. The van der Waals surface area contributed by atoms with Gasteiger partial charge in [0.1, 0.15) is 0 Å². The molecular formula is C12H10. The molecule has 0 aromatic rings. The van der Waals surface area contributed by atoms with Gasteiger partial charge in [0.15, 0.2) is 0 Å². The largest absolute Gasteiger partial charge is 0.0934 e. The summed E-state index contributed by atoms with van der Waals surface area (Å²) in [4.78, 5) is 0. The Morgan fingerprint density at radius 1 is 1.17 bits per heavy atom. The second-order valence-corrected chi connectivity index (χ2v) is 3.00. The van der Waals surface area contributed by atoms with E-state index in [0.717, 1.165) is 12.8 Å². The van der Waals surface area contributed by atoms with Gasteiger partial charge in [-0.2, -0.15) is 0 Å². The van der Waals surface area contributed by atoms with Gasteiger partial charge >= 0.3 is 0 Å². The minimum atomic E-state index is 0.803. The number of hydrogen-bond acceptors (Lipinski definition) is 0. The molecule has 0 unspecified atom stereocenters. The van der Waals surface area contributed by atoms with Crippen LogP contribution in [0.5, 0.6) is 0 Å². The van der Waals surface area contributed by atoms with Crippen molar-refractivity contribution in [3.05, 3.63) is 34.8 Å². The van der Waals surface area contributed by atoms with E-state index < -0.39 is 0 Å². The first-order chi connectivity index (χ1) is 5.97. The maximum absolute atomic E-state index is 3.21. The molecule has 58 valence electrons. The van der Waals surface area contributed by atoms with Crippen molar-refractivity contribution in [3.8, 4) is 11.8 Å². The van der Waals surface area contributed by atoms with Crippen molar-refractivity contribution in [1.29, 1.82) is 0 Å². The molecule has 0 bridgehead atoms. The molecule has 0 radical (unpaired) electrons. The van der Waals surface area contributed by atoms with E-state index in [2.05, 4.69) is 23.3 Å². The Labute approximate surface area is 73.0 Å². The molecule has 0 fully saturated rings. The number of allylic oxidation sites excluding steroid dienone is 4. The quantitative estimate of drug-likeness (QED) is 0.372. The highest BCUT2D eigenvalue weighted by Gasteiger charge is 2.09. The molecule has 0 aromatic carbocycles. The van der Waals surface area contributed by atoms with Crippen molar-refractivity contribution >= 4 is 0 Å². The first kappa shape index (κ1) is 7.26. The molecule has 2 aliphatic rings. The van der Waals surface area contributed by atoms with E-state index in [4.69, 9.17) is 0 Å². The molecular weight excluding hydrogens is 144 g/mol. The molecule has 0 amide bonds. The molecule has 0 heterocycles. The van der Waals surface area contributed by atoms with Crippen LogP contribution in [0.3, 0.4) is 0 Å². The molecule has 0 aliphatic heterocycles. The average Bonchev–Trinajstić information content (AvgIpc) is 2.50. The minimum Gasteiger partial charge on any atom is -0.0934 e. The van der Waals surface area contributed by atoms with Crippen LogP contribution >= 0.6 is 0 Å². The molecule has 0 aromatic heterocycles. The fourth-order valence-electron chi connectivity index (χ4n) is 1.52. The summed E-state index contributed by atoms with van der Waals surface area (Å²) in [5.74, 6) is 6.32. The van der Waals surface area contributed by atoms with E-state index in [1.165, 1.54) is 24.0 Å². The molecule has 0 saturated heterocycles. The monoisotopic (exact) mass is 154 g/mol. The fourth-order valence-corrected chi connectivity index (χ4v) is 1.52. The Hall–Kier alpha value is -1.40. The summed E-state index contributed by atoms with van der Waals surface area (Å²) in [5, 5.41) is 0. The minimum absolute atomic E-state index is 0.803. The normalized spacial score (nSPS) is 19.3. The van der Waals surface area contributed by atoms with Gasteiger partial charge in [-0.3, -0.25) is 0 Å². The maximum Gasteiger partial charge on any atom is 0.0354 e. The van der Waals surface area contributed by atoms with Gasteiger partial charge in [0.2, 0.25) is 0 Å². The summed E-state index contributed by atoms with van der Waals surface area (Å²) in [6.07, 6.45) is 8.32. The number of hydrogen-bond donors (Lipinski definition) is 0. The van der Waals surface area contributed by atoms with E-state index in [9.17, 15) is 0 Å². The molecule has 0 spiro atoms. The van der Waals surface area contributed by atoms with Crippen molar-refractivity contribution < 1.29 is 0 Å². The summed E-state index contributed by atoms with van der Waals surface area (Å²) in [7, 11) is 0. The van der Waals surface area contributed by atoms with Crippen molar-refractivity contribution in [3.63, 3.8) is 0 Å². The lowest BCUT2D eigenvalue weighted by Crippen LogP contribution is -1.74. The average molecular weight is 154 g/mol. The SMILES string of the molecule is C1=C=CC2=C(C#CCC=1)CCC2. The standard InChI is InChI=1S/C12H10/c1-2-4-7-11-9-6-10-12(11)8-5-3-1/h1,8H,2,6,9-10H2. The lowest BCUT2D eigenvalue weighted by atomic mass is 10.1. The third kappa shape index (κ3) is 1.44. The van der Waals surface area contributed by atoms with Crippen LogP contribution in [0.25, 0.3) is 0 Å². The van der Waals surface area contributed by atoms with Gasteiger partial charge < -0.3 is 0 Å². The molecule has 2 aliphatic carbocycles. The van der Waals surface area contributed by atoms with Crippen molar-refractivity contribution in [1.82, 2.24) is 0 Å². The van der Waals surface area contributed by atoms with E-state index in [1.807, 2.05) is 12.2 Å². The van der Waals surface area contributed by atoms with Crippen LogP contribution in [0.4, 0.5) is 0 Å². The molecule has 0 N–H and O–H groups in total. The zero-order valence-corrected chi connectivity index (χ0v) is 6.98. The summed E-state index contributed by atoms with van der Waals surface area (Å²) < 4.78 is 0. The second kappa shape index (κ2) is 3.33.